The average molecular weight is 618 g/mol. The molecule has 0 radical (unpaired) electrons. The number of piperidine rings is 1. The summed E-state index contributed by atoms with van der Waals surface area (Å²) in [4.78, 5) is 30.2. The highest BCUT2D eigenvalue weighted by Gasteiger charge is 2.30. The molecular formula is C32H33ClFN7O3. The van der Waals surface area contributed by atoms with E-state index in [1.165, 1.54) is 19.4 Å². The van der Waals surface area contributed by atoms with Gasteiger partial charge in [0, 0.05) is 68.3 Å². The Morgan fingerprint density at radius 3 is 2.68 bits per heavy atom. The Hall–Kier alpha value is -4.48. The Kier molecular flexibility index (Phi) is 8.76. The molecule has 10 nitrogen and oxygen atoms in total. The van der Waals surface area contributed by atoms with Crippen LogP contribution in [0.3, 0.4) is 0 Å². The van der Waals surface area contributed by atoms with Gasteiger partial charge in [0.25, 0.3) is 5.91 Å². The molecule has 2 aliphatic heterocycles. The van der Waals surface area contributed by atoms with Crippen molar-refractivity contribution >= 4 is 34.6 Å². The molecule has 2 aromatic carbocycles. The minimum atomic E-state index is -0.375. The maximum atomic E-state index is 14.2. The third-order valence-corrected chi connectivity index (χ3v) is 8.16. The molecule has 0 bridgehead atoms. The number of rotatable bonds is 9. The number of hydrogen-bond acceptors (Lipinski definition) is 9. The fourth-order valence-corrected chi connectivity index (χ4v) is 5.64. The number of nitrogens with one attached hydrogen (secondary N) is 2. The number of carbonyl (C=O) groups is 1. The van der Waals surface area contributed by atoms with E-state index in [9.17, 15) is 9.18 Å². The number of fused-ring (bicyclic) bond motifs is 1. The predicted octanol–water partition coefficient (Wildman–Crippen LogP) is 5.25. The fraction of sp³-hybridized carbons (Fsp3) is 0.312. The van der Waals surface area contributed by atoms with Gasteiger partial charge in [0.05, 0.1) is 24.0 Å². The largest absolute Gasteiger partial charge is 0.481 e. The number of methoxy groups -OCH3 is 1. The van der Waals surface area contributed by atoms with Crippen molar-refractivity contribution in [2.75, 3.05) is 49.3 Å². The average Bonchev–Trinajstić information content (AvgIpc) is 3.33. The van der Waals surface area contributed by atoms with E-state index in [2.05, 4.69) is 42.4 Å². The van der Waals surface area contributed by atoms with Crippen molar-refractivity contribution in [3.8, 4) is 11.8 Å². The third-order valence-electron chi connectivity index (χ3n) is 7.93. The molecule has 2 N–H and O–H groups in total. The van der Waals surface area contributed by atoms with Crippen molar-refractivity contribution in [3.63, 3.8) is 0 Å². The maximum absolute atomic E-state index is 14.2. The zero-order valence-electron chi connectivity index (χ0n) is 24.5. The lowest BCUT2D eigenvalue weighted by molar-refractivity contribution is 0.0946. The molecule has 6 rings (SSSR count). The lowest BCUT2D eigenvalue weighted by atomic mass is 10.1. The molecule has 1 unspecified atom stereocenters. The minimum absolute atomic E-state index is 0.0415. The van der Waals surface area contributed by atoms with E-state index in [0.717, 1.165) is 43.9 Å². The Balaban J connectivity index is 0.991. The Bertz CT molecular complexity index is 1630. The highest BCUT2D eigenvalue weighted by atomic mass is 35.5. The van der Waals surface area contributed by atoms with Crippen molar-refractivity contribution in [2.45, 2.75) is 31.5 Å². The van der Waals surface area contributed by atoms with Gasteiger partial charge in [-0.1, -0.05) is 17.7 Å². The molecule has 1 fully saturated rings. The molecule has 0 aliphatic carbocycles. The van der Waals surface area contributed by atoms with Crippen LogP contribution in [0, 0.1) is 5.82 Å². The van der Waals surface area contributed by atoms with Crippen LogP contribution in [0.15, 0.2) is 67.0 Å². The Morgan fingerprint density at radius 1 is 1.09 bits per heavy atom. The quantitative estimate of drug-likeness (QED) is 0.261. The molecule has 1 atom stereocenters. The number of nitrogens with zero attached hydrogens (tertiary/aromatic N) is 5. The summed E-state index contributed by atoms with van der Waals surface area (Å²) in [7, 11) is 3.61. The number of ether oxygens (including phenoxy) is 2. The first kappa shape index (κ1) is 29.6. The molecule has 44 heavy (non-hydrogen) atoms. The summed E-state index contributed by atoms with van der Waals surface area (Å²) in [5.74, 6) is 0.846. The van der Waals surface area contributed by atoms with E-state index in [1.54, 1.807) is 36.5 Å². The number of halogens is 2. The van der Waals surface area contributed by atoms with E-state index in [1.807, 2.05) is 18.2 Å². The summed E-state index contributed by atoms with van der Waals surface area (Å²) in [6, 6.07) is 15.6. The summed E-state index contributed by atoms with van der Waals surface area (Å²) in [5, 5.41) is 6.91. The smallest absolute Gasteiger partial charge is 0.257 e. The molecule has 2 aromatic heterocycles. The molecule has 228 valence electrons. The van der Waals surface area contributed by atoms with Crippen LogP contribution >= 0.6 is 11.6 Å². The van der Waals surface area contributed by atoms with Crippen LogP contribution < -0.4 is 25.0 Å². The Labute approximate surface area is 260 Å². The minimum Gasteiger partial charge on any atom is -0.481 e. The van der Waals surface area contributed by atoms with Crippen molar-refractivity contribution in [1.29, 1.82) is 0 Å². The van der Waals surface area contributed by atoms with Gasteiger partial charge in [0.1, 0.15) is 23.9 Å². The number of benzene rings is 2. The second kappa shape index (κ2) is 13.0. The highest BCUT2D eigenvalue weighted by Crippen LogP contribution is 2.36. The van der Waals surface area contributed by atoms with Gasteiger partial charge >= 0.3 is 0 Å². The number of amides is 1. The van der Waals surface area contributed by atoms with Crippen LogP contribution in [0.25, 0.3) is 0 Å². The monoisotopic (exact) mass is 617 g/mol. The van der Waals surface area contributed by atoms with Gasteiger partial charge in [0.15, 0.2) is 0 Å². The van der Waals surface area contributed by atoms with E-state index >= 15 is 0 Å². The molecule has 1 amide bonds. The van der Waals surface area contributed by atoms with Crippen molar-refractivity contribution in [2.24, 2.45) is 0 Å². The molecule has 2 aliphatic rings. The van der Waals surface area contributed by atoms with E-state index < -0.39 is 0 Å². The zero-order valence-corrected chi connectivity index (χ0v) is 25.2. The van der Waals surface area contributed by atoms with Crippen LogP contribution in [-0.2, 0) is 6.42 Å². The predicted molar refractivity (Wildman–Crippen MR) is 167 cm³/mol. The number of anilines is 3. The molecular weight excluding hydrogens is 585 g/mol. The van der Waals surface area contributed by atoms with Crippen LogP contribution in [0.2, 0.25) is 5.02 Å². The second-order valence-electron chi connectivity index (χ2n) is 10.9. The number of carbonyl (C=O) groups excluding carboxylic acids is 1. The highest BCUT2D eigenvalue weighted by molar-refractivity contribution is 6.30. The number of pyridine rings is 1. The van der Waals surface area contributed by atoms with E-state index in [-0.39, 0.29) is 30.4 Å². The molecule has 0 spiro atoms. The number of likely N-dealkylation sites (N-methyl/N-ethyl adjacent to an activating group) is 1. The van der Waals surface area contributed by atoms with Gasteiger partial charge in [0.2, 0.25) is 11.8 Å². The summed E-state index contributed by atoms with van der Waals surface area (Å²) >= 11 is 5.87. The van der Waals surface area contributed by atoms with Crippen LogP contribution in [0.4, 0.5) is 21.5 Å². The molecule has 12 heteroatoms. The van der Waals surface area contributed by atoms with E-state index in [0.29, 0.717) is 39.4 Å². The van der Waals surface area contributed by atoms with Gasteiger partial charge in [-0.25, -0.2) is 14.4 Å². The van der Waals surface area contributed by atoms with Crippen molar-refractivity contribution in [3.05, 3.63) is 94.8 Å². The number of likely N-dealkylation sites (tertiary alicyclic amines) is 1. The summed E-state index contributed by atoms with van der Waals surface area (Å²) < 4.78 is 25.5. The van der Waals surface area contributed by atoms with Gasteiger partial charge in [-0.05, 0) is 54.8 Å². The third kappa shape index (κ3) is 6.84. The maximum Gasteiger partial charge on any atom is 0.257 e. The van der Waals surface area contributed by atoms with Crippen molar-refractivity contribution < 1.29 is 18.7 Å². The first-order valence-corrected chi connectivity index (χ1v) is 14.8. The molecule has 4 heterocycles. The van der Waals surface area contributed by atoms with Gasteiger partial charge in [-0.2, -0.15) is 4.98 Å². The number of hydrogen-bond donors (Lipinski definition) is 2. The summed E-state index contributed by atoms with van der Waals surface area (Å²) in [6.45, 7) is 2.61. The van der Waals surface area contributed by atoms with Crippen LogP contribution in [-0.4, -0.2) is 71.8 Å². The molecule has 4 aromatic rings. The van der Waals surface area contributed by atoms with Gasteiger partial charge < -0.3 is 25.0 Å². The lowest BCUT2D eigenvalue weighted by Gasteiger charge is -2.35. The topological polar surface area (TPSA) is 105 Å². The normalized spacial score (nSPS) is 16.7. The summed E-state index contributed by atoms with van der Waals surface area (Å²) in [6.07, 6.45) is 5.27. The molecule has 0 saturated carbocycles. The Morgan fingerprint density at radius 2 is 1.93 bits per heavy atom. The van der Waals surface area contributed by atoms with Crippen LogP contribution in [0.1, 0.15) is 34.6 Å². The number of aromatic nitrogens is 3. The van der Waals surface area contributed by atoms with Gasteiger partial charge in [-0.15, -0.1) is 0 Å². The van der Waals surface area contributed by atoms with E-state index in [4.69, 9.17) is 21.1 Å². The van der Waals surface area contributed by atoms with Crippen molar-refractivity contribution in [1.82, 2.24) is 19.9 Å². The van der Waals surface area contributed by atoms with Crippen LogP contribution in [0.5, 0.6) is 11.8 Å². The summed E-state index contributed by atoms with van der Waals surface area (Å²) in [5.41, 5.74) is 3.69. The first-order valence-electron chi connectivity index (χ1n) is 14.4. The lowest BCUT2D eigenvalue weighted by Crippen LogP contribution is -2.47. The standard InChI is InChI=1S/C32H33ClFN7O3/c1-40-27-7-6-23(37-32(42)21-4-8-30(43-2)36-18-21)17-26(27)38-29(40)19-41-13-10-24(11-14-41)44-31-9-12-35-28(39-31)15-20-3-5-22(33)16-25(20)34/h3-9,12,16-18,24,29,38H,10-11,13-15,19H2,1-2H3,(H,37,42). The first-order chi connectivity index (χ1) is 21.3. The van der Waals surface area contributed by atoms with Gasteiger partial charge in [-0.3, -0.25) is 9.69 Å². The zero-order chi connectivity index (χ0) is 30.6. The fourth-order valence-electron chi connectivity index (χ4n) is 5.48. The molecule has 1 saturated heterocycles. The second-order valence-corrected chi connectivity index (χ2v) is 11.3. The SMILES string of the molecule is COc1ccc(C(=O)Nc2ccc3c(c2)NC(CN2CCC(Oc4ccnc(Cc5ccc(Cl)cc5F)n4)CC2)N3C)cn1.